The van der Waals surface area contributed by atoms with Gasteiger partial charge in [0, 0.05) is 18.6 Å². The molecule has 20 heavy (non-hydrogen) atoms. The van der Waals surface area contributed by atoms with Crippen LogP contribution in [0.5, 0.6) is 0 Å². The van der Waals surface area contributed by atoms with Crippen LogP contribution in [0.4, 0.5) is 0 Å². The third kappa shape index (κ3) is 3.37. The van der Waals surface area contributed by atoms with Crippen molar-refractivity contribution in [3.63, 3.8) is 0 Å². The summed E-state index contributed by atoms with van der Waals surface area (Å²) in [6, 6.07) is 1.45. The number of nitrogens with one attached hydrogen (secondary N) is 1. The van der Waals surface area contributed by atoms with E-state index >= 15 is 0 Å². The highest BCUT2D eigenvalue weighted by atomic mass is 16.3. The van der Waals surface area contributed by atoms with Crippen molar-refractivity contribution in [1.29, 1.82) is 0 Å². The minimum atomic E-state index is -0.442. The first-order chi connectivity index (χ1) is 9.46. The molecule has 2 saturated heterocycles. The van der Waals surface area contributed by atoms with Crippen LogP contribution in [-0.2, 0) is 0 Å². The van der Waals surface area contributed by atoms with Crippen molar-refractivity contribution in [3.8, 4) is 0 Å². The lowest BCUT2D eigenvalue weighted by atomic mass is 9.71. The topological polar surface area (TPSA) is 35.5 Å². The van der Waals surface area contributed by atoms with Crippen molar-refractivity contribution in [2.45, 2.75) is 82.9 Å². The van der Waals surface area contributed by atoms with Gasteiger partial charge >= 0.3 is 0 Å². The van der Waals surface area contributed by atoms with Gasteiger partial charge < -0.3 is 15.3 Å². The van der Waals surface area contributed by atoms with Gasteiger partial charge in [-0.15, -0.1) is 0 Å². The highest BCUT2D eigenvalue weighted by Gasteiger charge is 2.38. The molecule has 2 heterocycles. The monoisotopic (exact) mass is 280 g/mol. The summed E-state index contributed by atoms with van der Waals surface area (Å²) >= 11 is 0. The number of aliphatic hydroxyl groups is 1. The normalized spacial score (nSPS) is 36.8. The van der Waals surface area contributed by atoms with Crippen LogP contribution in [0.15, 0.2) is 0 Å². The van der Waals surface area contributed by atoms with Gasteiger partial charge in [-0.05, 0) is 69.9 Å². The van der Waals surface area contributed by atoms with E-state index in [2.05, 4.69) is 24.1 Å². The van der Waals surface area contributed by atoms with Crippen molar-refractivity contribution in [3.05, 3.63) is 0 Å². The summed E-state index contributed by atoms with van der Waals surface area (Å²) < 4.78 is 0. The van der Waals surface area contributed by atoms with E-state index in [4.69, 9.17) is 0 Å². The summed E-state index contributed by atoms with van der Waals surface area (Å²) in [5.41, 5.74) is -0.0102. The molecule has 0 bridgehead atoms. The van der Waals surface area contributed by atoms with Crippen molar-refractivity contribution >= 4 is 0 Å². The van der Waals surface area contributed by atoms with Gasteiger partial charge in [-0.3, -0.25) is 0 Å². The van der Waals surface area contributed by atoms with Crippen LogP contribution < -0.4 is 5.32 Å². The van der Waals surface area contributed by atoms with Gasteiger partial charge in [0.15, 0.2) is 0 Å². The van der Waals surface area contributed by atoms with Gasteiger partial charge in [0.05, 0.1) is 5.60 Å². The first kappa shape index (κ1) is 14.8. The lowest BCUT2D eigenvalue weighted by molar-refractivity contribution is -0.0278. The van der Waals surface area contributed by atoms with Gasteiger partial charge in [-0.25, -0.2) is 0 Å². The minimum Gasteiger partial charge on any atom is -0.389 e. The predicted octanol–water partition coefficient (Wildman–Crippen LogP) is 2.53. The third-order valence-electron chi connectivity index (χ3n) is 6.07. The molecule has 3 aliphatic rings. The van der Waals surface area contributed by atoms with Crippen molar-refractivity contribution in [2.75, 3.05) is 19.6 Å². The van der Waals surface area contributed by atoms with Crippen LogP contribution in [0.2, 0.25) is 0 Å². The Hall–Kier alpha value is -0.120. The SMILES string of the molecule is CC1(C)CCC(O)(CNC2CCN3CCCC3C2)CC1. The smallest absolute Gasteiger partial charge is 0.0772 e. The number of hydrogen-bond donors (Lipinski definition) is 2. The molecule has 2 unspecified atom stereocenters. The lowest BCUT2D eigenvalue weighted by Crippen LogP contribution is -2.51. The molecule has 0 spiro atoms. The Morgan fingerprint density at radius 1 is 1.10 bits per heavy atom. The molecular formula is C17H32N2O. The van der Waals surface area contributed by atoms with Crippen LogP contribution >= 0.6 is 0 Å². The van der Waals surface area contributed by atoms with Gasteiger partial charge in [0.25, 0.3) is 0 Å². The maximum absolute atomic E-state index is 10.7. The molecule has 0 aromatic rings. The van der Waals surface area contributed by atoms with Gasteiger partial charge in [-0.1, -0.05) is 13.8 Å². The maximum Gasteiger partial charge on any atom is 0.0772 e. The molecule has 2 atom stereocenters. The molecular weight excluding hydrogens is 248 g/mol. The van der Waals surface area contributed by atoms with E-state index in [1.54, 1.807) is 0 Å². The van der Waals surface area contributed by atoms with Crippen molar-refractivity contribution < 1.29 is 5.11 Å². The van der Waals surface area contributed by atoms with E-state index in [1.165, 1.54) is 38.8 Å². The van der Waals surface area contributed by atoms with Crippen LogP contribution in [-0.4, -0.2) is 47.3 Å². The fraction of sp³-hybridized carbons (Fsp3) is 1.00. The zero-order valence-corrected chi connectivity index (χ0v) is 13.3. The summed E-state index contributed by atoms with van der Waals surface area (Å²) in [4.78, 5) is 2.66. The average Bonchev–Trinajstić information content (AvgIpc) is 2.88. The Morgan fingerprint density at radius 3 is 2.60 bits per heavy atom. The minimum absolute atomic E-state index is 0.432. The molecule has 116 valence electrons. The van der Waals surface area contributed by atoms with Gasteiger partial charge in [-0.2, -0.15) is 0 Å². The largest absolute Gasteiger partial charge is 0.389 e. The maximum atomic E-state index is 10.7. The molecule has 0 aromatic heterocycles. The summed E-state index contributed by atoms with van der Waals surface area (Å²) in [5, 5.41) is 14.4. The highest BCUT2D eigenvalue weighted by molar-refractivity contribution is 4.94. The summed E-state index contributed by atoms with van der Waals surface area (Å²) in [5.74, 6) is 0. The van der Waals surface area contributed by atoms with Gasteiger partial charge in [0.2, 0.25) is 0 Å². The third-order valence-corrected chi connectivity index (χ3v) is 6.07. The molecule has 3 fully saturated rings. The number of piperidine rings is 1. The molecule has 3 heteroatoms. The van der Waals surface area contributed by atoms with Crippen LogP contribution in [0.25, 0.3) is 0 Å². The number of rotatable bonds is 3. The Kier molecular flexibility index (Phi) is 4.13. The number of fused-ring (bicyclic) bond motifs is 1. The second kappa shape index (κ2) is 5.58. The molecule has 0 radical (unpaired) electrons. The molecule has 1 aliphatic carbocycles. The Morgan fingerprint density at radius 2 is 1.85 bits per heavy atom. The van der Waals surface area contributed by atoms with E-state index in [-0.39, 0.29) is 0 Å². The summed E-state index contributed by atoms with van der Waals surface area (Å²) in [6.07, 6.45) is 9.58. The molecule has 1 saturated carbocycles. The van der Waals surface area contributed by atoms with Crippen LogP contribution in [0.3, 0.4) is 0 Å². The average molecular weight is 280 g/mol. The summed E-state index contributed by atoms with van der Waals surface area (Å²) in [6.45, 7) is 8.04. The fourth-order valence-corrected chi connectivity index (χ4v) is 4.31. The second-order valence-corrected chi connectivity index (χ2v) is 8.32. The quantitative estimate of drug-likeness (QED) is 0.834. The van der Waals surface area contributed by atoms with E-state index in [0.717, 1.165) is 38.3 Å². The van der Waals surface area contributed by atoms with Gasteiger partial charge in [0.1, 0.15) is 0 Å². The Labute approximate surface area is 124 Å². The van der Waals surface area contributed by atoms with Crippen LogP contribution in [0, 0.1) is 5.41 Å². The first-order valence-electron chi connectivity index (χ1n) is 8.66. The zero-order chi connectivity index (χ0) is 14.2. The van der Waals surface area contributed by atoms with E-state index in [1.807, 2.05) is 0 Å². The molecule has 0 amide bonds. The first-order valence-corrected chi connectivity index (χ1v) is 8.66. The Bertz CT molecular complexity index is 332. The molecule has 2 N–H and O–H groups in total. The van der Waals surface area contributed by atoms with Crippen LogP contribution in [0.1, 0.15) is 65.2 Å². The zero-order valence-electron chi connectivity index (χ0n) is 13.3. The molecule has 0 aromatic carbocycles. The number of hydrogen-bond acceptors (Lipinski definition) is 3. The molecule has 3 rings (SSSR count). The summed E-state index contributed by atoms with van der Waals surface area (Å²) in [7, 11) is 0. The predicted molar refractivity (Wildman–Crippen MR) is 82.8 cm³/mol. The lowest BCUT2D eigenvalue weighted by Gasteiger charge is -2.42. The van der Waals surface area contributed by atoms with E-state index in [9.17, 15) is 5.11 Å². The highest BCUT2D eigenvalue weighted by Crippen LogP contribution is 2.40. The second-order valence-electron chi connectivity index (χ2n) is 8.32. The fourth-order valence-electron chi connectivity index (χ4n) is 4.31. The molecule has 3 nitrogen and oxygen atoms in total. The van der Waals surface area contributed by atoms with Crippen molar-refractivity contribution in [1.82, 2.24) is 10.2 Å². The van der Waals surface area contributed by atoms with E-state index in [0.29, 0.717) is 11.5 Å². The Balaban J connectivity index is 1.45. The molecule has 2 aliphatic heterocycles. The van der Waals surface area contributed by atoms with E-state index < -0.39 is 5.60 Å². The van der Waals surface area contributed by atoms with Crippen molar-refractivity contribution in [2.24, 2.45) is 5.41 Å². The standard InChI is InChI=1S/C17H32N2O/c1-16(2)6-8-17(20,9-7-16)13-18-14-5-11-19-10-3-4-15(19)12-14/h14-15,18,20H,3-13H2,1-2H3. The number of nitrogens with zero attached hydrogens (tertiary/aromatic N) is 1.